The molecular weight excluding hydrogens is 330 g/mol. The van der Waals surface area contributed by atoms with Crippen molar-refractivity contribution in [3.8, 4) is 0 Å². The summed E-state index contributed by atoms with van der Waals surface area (Å²) in [5.74, 6) is 1.43. The van der Waals surface area contributed by atoms with Crippen LogP contribution in [0.25, 0.3) is 10.9 Å². The van der Waals surface area contributed by atoms with E-state index in [4.69, 9.17) is 0 Å². The first-order valence-electron chi connectivity index (χ1n) is 7.60. The summed E-state index contributed by atoms with van der Waals surface area (Å²) in [5.41, 5.74) is 1.52. The number of Topliss-reactive ketones (excluding diaryl/α,β-unsaturated/α-hetero) is 1. The Labute approximate surface area is 132 Å². The van der Waals surface area contributed by atoms with Gasteiger partial charge in [-0.15, -0.1) is 0 Å². The molecule has 0 amide bonds. The van der Waals surface area contributed by atoms with Crippen molar-refractivity contribution in [3.05, 3.63) is 28.4 Å². The van der Waals surface area contributed by atoms with Crippen LogP contribution in [0.3, 0.4) is 0 Å². The van der Waals surface area contributed by atoms with Crippen LogP contribution >= 0.6 is 15.9 Å². The zero-order valence-electron chi connectivity index (χ0n) is 11.8. The standard InChI is InChI=1S/C16H18BrN3O/c17-12-1-2-13-14(8-12)18-19-16(13)15(21)7-11-9-20-5-3-10(11)4-6-20/h1-2,8,10-11H,3-7,9H2,(H,18,19)/t11-/m0/s1. The topological polar surface area (TPSA) is 49.0 Å². The molecule has 3 aliphatic heterocycles. The van der Waals surface area contributed by atoms with Gasteiger partial charge >= 0.3 is 0 Å². The maximum Gasteiger partial charge on any atom is 0.184 e. The van der Waals surface area contributed by atoms with Crippen molar-refractivity contribution in [1.29, 1.82) is 0 Å². The minimum Gasteiger partial charge on any atom is -0.303 e. The van der Waals surface area contributed by atoms with E-state index in [1.54, 1.807) is 0 Å². The Morgan fingerprint density at radius 3 is 2.90 bits per heavy atom. The molecule has 21 heavy (non-hydrogen) atoms. The van der Waals surface area contributed by atoms with Crippen LogP contribution in [-0.2, 0) is 0 Å². The molecule has 1 aromatic heterocycles. The molecule has 3 saturated heterocycles. The average molecular weight is 348 g/mol. The maximum atomic E-state index is 12.6. The van der Waals surface area contributed by atoms with Gasteiger partial charge in [0.05, 0.1) is 5.52 Å². The number of nitrogens with zero attached hydrogens (tertiary/aromatic N) is 2. The molecule has 0 spiro atoms. The van der Waals surface area contributed by atoms with Gasteiger partial charge in [-0.1, -0.05) is 15.9 Å². The minimum absolute atomic E-state index is 0.183. The van der Waals surface area contributed by atoms with Crippen molar-refractivity contribution in [2.75, 3.05) is 19.6 Å². The molecule has 0 saturated carbocycles. The lowest BCUT2D eigenvalue weighted by atomic mass is 9.76. The Hall–Kier alpha value is -1.20. The summed E-state index contributed by atoms with van der Waals surface area (Å²) in [6.07, 6.45) is 3.15. The fourth-order valence-electron chi connectivity index (χ4n) is 3.86. The average Bonchev–Trinajstić information content (AvgIpc) is 2.91. The molecule has 4 nitrogen and oxygen atoms in total. The second-order valence-corrected chi connectivity index (χ2v) is 7.20. The molecule has 0 radical (unpaired) electrons. The zero-order valence-corrected chi connectivity index (χ0v) is 13.4. The third kappa shape index (κ3) is 2.42. The van der Waals surface area contributed by atoms with Crippen LogP contribution in [0.15, 0.2) is 22.7 Å². The largest absolute Gasteiger partial charge is 0.303 e. The Morgan fingerprint density at radius 1 is 1.38 bits per heavy atom. The normalized spacial score (nSPS) is 28.1. The van der Waals surface area contributed by atoms with E-state index in [9.17, 15) is 4.79 Å². The number of carbonyl (C=O) groups excluding carboxylic acids is 1. The third-order valence-electron chi connectivity index (χ3n) is 5.03. The molecule has 4 heterocycles. The van der Waals surface area contributed by atoms with Gasteiger partial charge in [-0.3, -0.25) is 9.89 Å². The minimum atomic E-state index is 0.183. The number of carbonyl (C=O) groups is 1. The fourth-order valence-corrected chi connectivity index (χ4v) is 4.22. The van der Waals surface area contributed by atoms with Gasteiger partial charge in [-0.05, 0) is 56.0 Å². The summed E-state index contributed by atoms with van der Waals surface area (Å²) < 4.78 is 0.995. The van der Waals surface area contributed by atoms with E-state index in [1.807, 2.05) is 18.2 Å². The van der Waals surface area contributed by atoms with Crippen LogP contribution < -0.4 is 0 Å². The lowest BCUT2D eigenvalue weighted by molar-refractivity contribution is 0.0440. The van der Waals surface area contributed by atoms with Crippen molar-refractivity contribution >= 4 is 32.6 Å². The third-order valence-corrected chi connectivity index (χ3v) is 5.52. The zero-order chi connectivity index (χ0) is 14.4. The van der Waals surface area contributed by atoms with Gasteiger partial charge in [-0.2, -0.15) is 5.10 Å². The van der Waals surface area contributed by atoms with E-state index >= 15 is 0 Å². The number of piperidine rings is 3. The maximum absolute atomic E-state index is 12.6. The Kier molecular flexibility index (Phi) is 3.34. The molecular formula is C16H18BrN3O. The fraction of sp³-hybridized carbons (Fsp3) is 0.500. The molecule has 1 N–H and O–H groups in total. The van der Waals surface area contributed by atoms with Crippen molar-refractivity contribution in [2.45, 2.75) is 19.3 Å². The lowest BCUT2D eigenvalue weighted by Gasteiger charge is -2.44. The molecule has 110 valence electrons. The number of hydrogen-bond donors (Lipinski definition) is 1. The first-order valence-corrected chi connectivity index (χ1v) is 8.39. The smallest absolute Gasteiger partial charge is 0.184 e. The molecule has 0 unspecified atom stereocenters. The number of aromatic amines is 1. The van der Waals surface area contributed by atoms with Gasteiger partial charge in [0.2, 0.25) is 0 Å². The summed E-state index contributed by atoms with van der Waals surface area (Å²) in [6, 6.07) is 5.89. The molecule has 3 fully saturated rings. The van der Waals surface area contributed by atoms with Crippen LogP contribution in [0.2, 0.25) is 0 Å². The van der Waals surface area contributed by atoms with E-state index in [0.29, 0.717) is 18.0 Å². The number of aromatic nitrogens is 2. The summed E-state index contributed by atoms with van der Waals surface area (Å²) in [4.78, 5) is 15.1. The van der Waals surface area contributed by atoms with Crippen LogP contribution in [0.1, 0.15) is 29.8 Å². The van der Waals surface area contributed by atoms with Gasteiger partial charge in [0.25, 0.3) is 0 Å². The highest BCUT2D eigenvalue weighted by Crippen LogP contribution is 2.35. The highest BCUT2D eigenvalue weighted by Gasteiger charge is 2.35. The number of halogens is 1. The summed E-state index contributed by atoms with van der Waals surface area (Å²) in [5, 5.41) is 8.16. The molecule has 1 atom stereocenters. The number of rotatable bonds is 3. The van der Waals surface area contributed by atoms with Crippen molar-refractivity contribution in [3.63, 3.8) is 0 Å². The van der Waals surface area contributed by atoms with E-state index in [2.05, 4.69) is 31.0 Å². The van der Waals surface area contributed by atoms with E-state index in [0.717, 1.165) is 27.8 Å². The van der Waals surface area contributed by atoms with Gasteiger partial charge in [0.15, 0.2) is 5.78 Å². The quantitative estimate of drug-likeness (QED) is 0.867. The molecule has 1 aromatic carbocycles. The van der Waals surface area contributed by atoms with Gasteiger partial charge in [0.1, 0.15) is 5.69 Å². The van der Waals surface area contributed by atoms with Crippen LogP contribution in [0.5, 0.6) is 0 Å². The number of nitrogens with one attached hydrogen (secondary N) is 1. The van der Waals surface area contributed by atoms with Gasteiger partial charge in [0, 0.05) is 22.8 Å². The Bertz CT molecular complexity index is 688. The monoisotopic (exact) mass is 347 g/mol. The first kappa shape index (κ1) is 13.5. The van der Waals surface area contributed by atoms with E-state index < -0.39 is 0 Å². The predicted molar refractivity (Wildman–Crippen MR) is 85.4 cm³/mol. The molecule has 0 aliphatic carbocycles. The molecule has 5 heteroatoms. The van der Waals surface area contributed by atoms with Crippen LogP contribution in [-0.4, -0.2) is 40.5 Å². The lowest BCUT2D eigenvalue weighted by Crippen LogP contribution is -2.47. The number of hydrogen-bond acceptors (Lipinski definition) is 3. The van der Waals surface area contributed by atoms with Gasteiger partial charge < -0.3 is 4.90 Å². The molecule has 2 bridgehead atoms. The number of fused-ring (bicyclic) bond motifs is 4. The number of benzene rings is 1. The van der Waals surface area contributed by atoms with Crippen molar-refractivity contribution < 1.29 is 4.79 Å². The molecule has 2 aromatic rings. The molecule has 3 aliphatic rings. The van der Waals surface area contributed by atoms with E-state index in [-0.39, 0.29) is 5.78 Å². The molecule has 5 rings (SSSR count). The highest BCUT2D eigenvalue weighted by molar-refractivity contribution is 9.10. The SMILES string of the molecule is O=C(C[C@H]1CN2CCC1CC2)c1n[nH]c2cc(Br)ccc12. The van der Waals surface area contributed by atoms with Crippen molar-refractivity contribution in [2.24, 2.45) is 11.8 Å². The number of ketones is 1. The van der Waals surface area contributed by atoms with Crippen LogP contribution in [0, 0.1) is 11.8 Å². The Morgan fingerprint density at radius 2 is 2.19 bits per heavy atom. The van der Waals surface area contributed by atoms with E-state index in [1.165, 1.54) is 25.9 Å². The van der Waals surface area contributed by atoms with Crippen LogP contribution in [0.4, 0.5) is 0 Å². The first-order chi connectivity index (χ1) is 10.2. The van der Waals surface area contributed by atoms with Crippen molar-refractivity contribution in [1.82, 2.24) is 15.1 Å². The highest BCUT2D eigenvalue weighted by atomic mass is 79.9. The Balaban J connectivity index is 1.56. The summed E-state index contributed by atoms with van der Waals surface area (Å²) >= 11 is 3.44. The predicted octanol–water partition coefficient (Wildman–Crippen LogP) is 3.24. The number of H-pyrrole nitrogens is 1. The summed E-state index contributed by atoms with van der Waals surface area (Å²) in [7, 11) is 0. The second-order valence-electron chi connectivity index (χ2n) is 6.29. The summed E-state index contributed by atoms with van der Waals surface area (Å²) in [6.45, 7) is 3.52. The van der Waals surface area contributed by atoms with Gasteiger partial charge in [-0.25, -0.2) is 0 Å². The second kappa shape index (κ2) is 5.21.